The number of hydrogen-bond donors (Lipinski definition) is 2. The molecule has 0 aliphatic rings. The predicted molar refractivity (Wildman–Crippen MR) is 72.3 cm³/mol. The summed E-state index contributed by atoms with van der Waals surface area (Å²) in [6, 6.07) is 0. The van der Waals surface area contributed by atoms with E-state index in [2.05, 4.69) is 29.6 Å². The van der Waals surface area contributed by atoms with E-state index >= 15 is 0 Å². The first-order valence-electron chi connectivity index (χ1n) is 6.39. The van der Waals surface area contributed by atoms with Crippen LogP contribution in [0.1, 0.15) is 30.8 Å². The Kier molecular flexibility index (Phi) is 5.34. The van der Waals surface area contributed by atoms with Gasteiger partial charge in [0.15, 0.2) is 0 Å². The van der Waals surface area contributed by atoms with Crippen LogP contribution in [0, 0.1) is 19.8 Å². The average Bonchev–Trinajstić information content (AvgIpc) is 2.55. The second kappa shape index (κ2) is 6.54. The fourth-order valence-corrected chi connectivity index (χ4v) is 1.83. The number of hydrogen-bond acceptors (Lipinski definition) is 3. The lowest BCUT2D eigenvalue weighted by molar-refractivity contribution is -0.122. The third-order valence-corrected chi connectivity index (χ3v) is 2.89. The minimum Gasteiger partial charge on any atom is -0.354 e. The smallest absolute Gasteiger partial charge is 0.241 e. The van der Waals surface area contributed by atoms with Gasteiger partial charge in [-0.2, -0.15) is 5.10 Å². The molecular weight excluding hydrogens is 228 g/mol. The topological polar surface area (TPSA) is 59.0 Å². The Morgan fingerprint density at radius 2 is 2.06 bits per heavy atom. The molecule has 0 saturated heterocycles. The van der Waals surface area contributed by atoms with E-state index in [9.17, 15) is 4.79 Å². The molecule has 0 radical (unpaired) electrons. The molecule has 0 saturated carbocycles. The molecule has 102 valence electrons. The molecule has 5 nitrogen and oxygen atoms in total. The van der Waals surface area contributed by atoms with Crippen LogP contribution in [0.15, 0.2) is 0 Å². The lowest BCUT2D eigenvalue weighted by atomic mass is 10.2. The van der Waals surface area contributed by atoms with Crippen LogP contribution in [0.2, 0.25) is 0 Å². The van der Waals surface area contributed by atoms with Gasteiger partial charge < -0.3 is 10.6 Å². The highest BCUT2D eigenvalue weighted by molar-refractivity contribution is 5.75. The first-order valence-corrected chi connectivity index (χ1v) is 6.39. The highest BCUT2D eigenvalue weighted by Crippen LogP contribution is 2.12. The van der Waals surface area contributed by atoms with Crippen LogP contribution in [0.3, 0.4) is 0 Å². The summed E-state index contributed by atoms with van der Waals surface area (Å²) in [4.78, 5) is 11.8. The number of carbonyl (C=O) groups is 1. The maximum absolute atomic E-state index is 11.8. The second-order valence-corrected chi connectivity index (χ2v) is 5.04. The average molecular weight is 252 g/mol. The molecule has 1 rings (SSSR count). The molecule has 0 fully saturated rings. The van der Waals surface area contributed by atoms with Crippen LogP contribution in [-0.2, 0) is 17.9 Å². The van der Waals surface area contributed by atoms with Crippen molar-refractivity contribution >= 4 is 5.91 Å². The molecule has 1 aromatic rings. The van der Waals surface area contributed by atoms with Crippen molar-refractivity contribution in [3.05, 3.63) is 17.0 Å². The third-order valence-electron chi connectivity index (χ3n) is 2.89. The van der Waals surface area contributed by atoms with Gasteiger partial charge in [-0.15, -0.1) is 0 Å². The molecule has 0 aliphatic heterocycles. The van der Waals surface area contributed by atoms with E-state index in [0.29, 0.717) is 19.0 Å². The van der Waals surface area contributed by atoms with Crippen molar-refractivity contribution in [1.29, 1.82) is 0 Å². The molecule has 0 aliphatic carbocycles. The van der Waals surface area contributed by atoms with E-state index in [4.69, 9.17) is 0 Å². The maximum Gasteiger partial charge on any atom is 0.241 e. The Labute approximate surface area is 109 Å². The zero-order valence-electron chi connectivity index (χ0n) is 12.0. The standard InChI is InChI=1S/C13H24N4O/c1-9(2)6-15-13(18)8-17-11(4)12(7-14-5)10(3)16-17/h9,14H,6-8H2,1-5H3,(H,15,18). The highest BCUT2D eigenvalue weighted by atomic mass is 16.2. The normalized spacial score (nSPS) is 11.0. The van der Waals surface area contributed by atoms with Crippen LogP contribution < -0.4 is 10.6 Å². The van der Waals surface area contributed by atoms with Gasteiger partial charge in [-0.25, -0.2) is 0 Å². The third kappa shape index (κ3) is 3.84. The minimum absolute atomic E-state index is 0.0188. The quantitative estimate of drug-likeness (QED) is 0.794. The monoisotopic (exact) mass is 252 g/mol. The summed E-state index contributed by atoms with van der Waals surface area (Å²) in [5.41, 5.74) is 3.22. The molecule has 0 bridgehead atoms. The van der Waals surface area contributed by atoms with E-state index in [1.807, 2.05) is 20.9 Å². The van der Waals surface area contributed by atoms with Crippen LogP contribution in [0.4, 0.5) is 0 Å². The summed E-state index contributed by atoms with van der Waals surface area (Å²) in [5.74, 6) is 0.486. The van der Waals surface area contributed by atoms with Crippen molar-refractivity contribution in [2.75, 3.05) is 13.6 Å². The lowest BCUT2D eigenvalue weighted by Crippen LogP contribution is -2.31. The predicted octanol–water partition coefficient (Wildman–Crippen LogP) is 0.992. The zero-order valence-corrected chi connectivity index (χ0v) is 12.0. The number of aryl methyl sites for hydroxylation is 1. The number of rotatable bonds is 6. The van der Waals surface area contributed by atoms with E-state index in [-0.39, 0.29) is 5.91 Å². The Balaban J connectivity index is 2.67. The van der Waals surface area contributed by atoms with Gasteiger partial charge in [0, 0.05) is 24.3 Å². The molecule has 1 amide bonds. The molecule has 1 aromatic heterocycles. The summed E-state index contributed by atoms with van der Waals surface area (Å²) >= 11 is 0. The molecule has 18 heavy (non-hydrogen) atoms. The molecular formula is C13H24N4O. The Morgan fingerprint density at radius 3 is 2.61 bits per heavy atom. The maximum atomic E-state index is 11.8. The van der Waals surface area contributed by atoms with Crippen molar-refractivity contribution in [2.45, 2.75) is 40.8 Å². The summed E-state index contributed by atoms with van der Waals surface area (Å²) < 4.78 is 1.78. The van der Waals surface area contributed by atoms with Gasteiger partial charge in [-0.3, -0.25) is 9.48 Å². The van der Waals surface area contributed by atoms with Gasteiger partial charge in [-0.1, -0.05) is 13.8 Å². The Bertz CT molecular complexity index is 409. The molecule has 0 spiro atoms. The SMILES string of the molecule is CNCc1c(C)nn(CC(=O)NCC(C)C)c1C. The number of nitrogens with one attached hydrogen (secondary N) is 2. The Morgan fingerprint density at radius 1 is 1.39 bits per heavy atom. The number of aromatic nitrogens is 2. The van der Waals surface area contributed by atoms with E-state index in [1.165, 1.54) is 5.56 Å². The van der Waals surface area contributed by atoms with Crippen LogP contribution >= 0.6 is 0 Å². The fraction of sp³-hybridized carbons (Fsp3) is 0.692. The highest BCUT2D eigenvalue weighted by Gasteiger charge is 2.13. The Hall–Kier alpha value is -1.36. The van der Waals surface area contributed by atoms with Gasteiger partial charge in [-0.05, 0) is 26.8 Å². The van der Waals surface area contributed by atoms with Crippen molar-refractivity contribution in [1.82, 2.24) is 20.4 Å². The molecule has 1 heterocycles. The summed E-state index contributed by atoms with van der Waals surface area (Å²) in [6.07, 6.45) is 0. The van der Waals surface area contributed by atoms with Crippen molar-refractivity contribution in [3.8, 4) is 0 Å². The fourth-order valence-electron chi connectivity index (χ4n) is 1.83. The lowest BCUT2D eigenvalue weighted by Gasteiger charge is -2.09. The molecule has 2 N–H and O–H groups in total. The van der Waals surface area contributed by atoms with Gasteiger partial charge in [0.1, 0.15) is 6.54 Å². The van der Waals surface area contributed by atoms with Crippen LogP contribution in [-0.4, -0.2) is 29.3 Å². The largest absolute Gasteiger partial charge is 0.354 e. The van der Waals surface area contributed by atoms with E-state index in [1.54, 1.807) is 4.68 Å². The number of amides is 1. The number of carbonyl (C=O) groups excluding carboxylic acids is 1. The summed E-state index contributed by atoms with van der Waals surface area (Å²) in [7, 11) is 1.91. The molecule has 0 unspecified atom stereocenters. The minimum atomic E-state index is 0.0188. The number of nitrogens with zero attached hydrogens (tertiary/aromatic N) is 2. The first-order chi connectivity index (χ1) is 8.45. The first kappa shape index (κ1) is 14.7. The summed E-state index contributed by atoms with van der Waals surface area (Å²) in [5, 5.41) is 10.4. The molecule has 5 heteroatoms. The van der Waals surface area contributed by atoms with Crippen LogP contribution in [0.5, 0.6) is 0 Å². The van der Waals surface area contributed by atoms with E-state index < -0.39 is 0 Å². The van der Waals surface area contributed by atoms with Gasteiger partial charge in [0.2, 0.25) is 5.91 Å². The van der Waals surface area contributed by atoms with Crippen molar-refractivity contribution < 1.29 is 4.79 Å². The zero-order chi connectivity index (χ0) is 13.7. The van der Waals surface area contributed by atoms with Gasteiger partial charge in [0.05, 0.1) is 5.69 Å². The molecule has 0 atom stereocenters. The van der Waals surface area contributed by atoms with Crippen molar-refractivity contribution in [3.63, 3.8) is 0 Å². The second-order valence-electron chi connectivity index (χ2n) is 5.04. The summed E-state index contributed by atoms with van der Waals surface area (Å²) in [6.45, 7) is 9.92. The van der Waals surface area contributed by atoms with Crippen LogP contribution in [0.25, 0.3) is 0 Å². The van der Waals surface area contributed by atoms with Gasteiger partial charge >= 0.3 is 0 Å². The molecule has 0 aromatic carbocycles. The van der Waals surface area contributed by atoms with Crippen molar-refractivity contribution in [2.24, 2.45) is 5.92 Å². The van der Waals surface area contributed by atoms with Gasteiger partial charge in [0.25, 0.3) is 0 Å². The van der Waals surface area contributed by atoms with E-state index in [0.717, 1.165) is 17.9 Å².